The Hall–Kier alpha value is -1.34. The standard InChI is InChI=1S/C9H7BN2O2S2/c10-7(8(13)14)11-4-1-2-5-6(3-4)16-9(15)12-5/h1-3,7,11H,(H,12,15)(H,13,14). The van der Waals surface area contributed by atoms with E-state index < -0.39 is 11.9 Å². The molecular formula is C9H7BN2O2S2. The molecule has 16 heavy (non-hydrogen) atoms. The number of hydrogen-bond acceptors (Lipinski definition) is 4. The molecule has 3 N–H and O–H groups in total. The second-order valence-corrected chi connectivity index (χ2v) is 4.90. The molecule has 1 aromatic heterocycles. The van der Waals surface area contributed by atoms with Crippen LogP contribution in [-0.4, -0.2) is 29.8 Å². The van der Waals surface area contributed by atoms with E-state index in [1.807, 2.05) is 12.1 Å². The van der Waals surface area contributed by atoms with Crippen molar-refractivity contribution in [3.63, 3.8) is 0 Å². The molecule has 1 unspecified atom stereocenters. The van der Waals surface area contributed by atoms with E-state index in [9.17, 15) is 4.79 Å². The van der Waals surface area contributed by atoms with Crippen LogP contribution in [0.4, 0.5) is 5.69 Å². The zero-order valence-electron chi connectivity index (χ0n) is 8.06. The Balaban J connectivity index is 2.32. The van der Waals surface area contributed by atoms with Gasteiger partial charge in [-0.25, -0.2) is 0 Å². The van der Waals surface area contributed by atoms with Crippen molar-refractivity contribution in [3.05, 3.63) is 22.2 Å². The number of H-pyrrole nitrogens is 1. The molecule has 0 bridgehead atoms. The zero-order valence-corrected chi connectivity index (χ0v) is 9.69. The molecule has 0 aliphatic heterocycles. The molecule has 0 aliphatic rings. The highest BCUT2D eigenvalue weighted by molar-refractivity contribution is 7.73. The monoisotopic (exact) mass is 250 g/mol. The summed E-state index contributed by atoms with van der Waals surface area (Å²) in [6.45, 7) is 0. The van der Waals surface area contributed by atoms with Gasteiger partial charge < -0.3 is 15.4 Å². The summed E-state index contributed by atoms with van der Waals surface area (Å²) >= 11 is 6.44. The molecule has 0 fully saturated rings. The Kier molecular flexibility index (Phi) is 2.98. The van der Waals surface area contributed by atoms with Crippen LogP contribution in [-0.2, 0) is 4.79 Å². The molecule has 1 atom stereocenters. The number of hydrogen-bond donors (Lipinski definition) is 3. The number of aromatic amines is 1. The van der Waals surface area contributed by atoms with Crippen molar-refractivity contribution in [1.29, 1.82) is 0 Å². The molecule has 7 heteroatoms. The third-order valence-electron chi connectivity index (χ3n) is 2.01. The van der Waals surface area contributed by atoms with Crippen molar-refractivity contribution in [2.45, 2.75) is 5.94 Å². The van der Waals surface area contributed by atoms with Gasteiger partial charge in [0.05, 0.1) is 16.2 Å². The Labute approximate surface area is 102 Å². The maximum Gasteiger partial charge on any atom is 0.316 e. The lowest BCUT2D eigenvalue weighted by Gasteiger charge is -2.10. The molecule has 0 spiro atoms. The Morgan fingerprint density at radius 2 is 2.38 bits per heavy atom. The van der Waals surface area contributed by atoms with Gasteiger partial charge >= 0.3 is 5.97 Å². The third kappa shape index (κ3) is 2.25. The molecule has 0 amide bonds. The van der Waals surface area contributed by atoms with E-state index in [0.717, 1.165) is 10.2 Å². The number of anilines is 1. The number of aliphatic carboxylic acids is 1. The lowest BCUT2D eigenvalue weighted by molar-refractivity contribution is -0.136. The largest absolute Gasteiger partial charge is 0.480 e. The van der Waals surface area contributed by atoms with Gasteiger partial charge in [-0.1, -0.05) is 0 Å². The summed E-state index contributed by atoms with van der Waals surface area (Å²) in [5.41, 5.74) is 1.59. The second kappa shape index (κ2) is 4.27. The highest BCUT2D eigenvalue weighted by atomic mass is 32.1. The van der Waals surface area contributed by atoms with Gasteiger partial charge in [0.2, 0.25) is 0 Å². The van der Waals surface area contributed by atoms with Gasteiger partial charge in [-0.15, -0.1) is 11.3 Å². The summed E-state index contributed by atoms with van der Waals surface area (Å²) in [5.74, 6) is -2.20. The molecular weight excluding hydrogens is 243 g/mol. The predicted molar refractivity (Wildman–Crippen MR) is 67.8 cm³/mol. The Bertz CT molecular complexity index is 592. The van der Waals surface area contributed by atoms with Crippen molar-refractivity contribution in [2.75, 3.05) is 5.32 Å². The second-order valence-electron chi connectivity index (χ2n) is 3.19. The molecule has 80 valence electrons. The number of carboxylic acid groups (broad SMARTS) is 1. The number of fused-ring (bicyclic) bond motifs is 1. The van der Waals surface area contributed by atoms with E-state index in [1.165, 1.54) is 11.3 Å². The van der Waals surface area contributed by atoms with Crippen molar-refractivity contribution >= 4 is 53.3 Å². The summed E-state index contributed by atoms with van der Waals surface area (Å²) in [5, 5.41) is 11.3. The number of aromatic nitrogens is 1. The molecule has 0 aliphatic carbocycles. The zero-order chi connectivity index (χ0) is 11.7. The first-order valence-corrected chi connectivity index (χ1v) is 5.66. The smallest absolute Gasteiger partial charge is 0.316 e. The summed E-state index contributed by atoms with van der Waals surface area (Å²) in [6.07, 6.45) is 0. The maximum atomic E-state index is 10.6. The Morgan fingerprint density at radius 3 is 3.06 bits per heavy atom. The number of benzene rings is 1. The quantitative estimate of drug-likeness (QED) is 0.575. The van der Waals surface area contributed by atoms with Crippen LogP contribution in [0.5, 0.6) is 0 Å². The van der Waals surface area contributed by atoms with Crippen LogP contribution in [0.1, 0.15) is 0 Å². The third-order valence-corrected chi connectivity index (χ3v) is 3.21. The van der Waals surface area contributed by atoms with Crippen LogP contribution >= 0.6 is 23.6 Å². The fourth-order valence-corrected chi connectivity index (χ4v) is 2.43. The van der Waals surface area contributed by atoms with E-state index >= 15 is 0 Å². The van der Waals surface area contributed by atoms with Crippen molar-refractivity contribution in [3.8, 4) is 0 Å². The summed E-state index contributed by atoms with van der Waals surface area (Å²) in [4.78, 5) is 13.6. The number of thiazole rings is 1. The minimum atomic E-state index is -1.11. The molecule has 2 radical (unpaired) electrons. The van der Waals surface area contributed by atoms with Crippen LogP contribution in [0.2, 0.25) is 0 Å². The number of carbonyl (C=O) groups is 1. The predicted octanol–water partition coefficient (Wildman–Crippen LogP) is 1.95. The van der Waals surface area contributed by atoms with Crippen molar-refractivity contribution in [1.82, 2.24) is 4.98 Å². The molecule has 2 rings (SSSR count). The van der Waals surface area contributed by atoms with Gasteiger partial charge in [-0.05, 0) is 30.4 Å². The van der Waals surface area contributed by atoms with E-state index in [-0.39, 0.29) is 0 Å². The average Bonchev–Trinajstić information content (AvgIpc) is 2.57. The van der Waals surface area contributed by atoms with Crippen LogP contribution in [0.25, 0.3) is 10.2 Å². The first-order valence-electron chi connectivity index (χ1n) is 4.44. The lowest BCUT2D eigenvalue weighted by atomic mass is 9.96. The topological polar surface area (TPSA) is 65.1 Å². The first kappa shape index (κ1) is 11.2. The van der Waals surface area contributed by atoms with Gasteiger partial charge in [0.1, 0.15) is 7.85 Å². The summed E-state index contributed by atoms with van der Waals surface area (Å²) < 4.78 is 1.65. The number of nitrogens with one attached hydrogen (secondary N) is 2. The van der Waals surface area contributed by atoms with Gasteiger partial charge in [0.15, 0.2) is 3.95 Å². The van der Waals surface area contributed by atoms with Crippen molar-refractivity contribution < 1.29 is 9.90 Å². The molecule has 1 heterocycles. The summed E-state index contributed by atoms with van der Waals surface area (Å²) in [6, 6.07) is 5.40. The molecule has 0 saturated heterocycles. The average molecular weight is 250 g/mol. The van der Waals surface area contributed by atoms with Gasteiger partial charge in [-0.2, -0.15) is 0 Å². The van der Waals surface area contributed by atoms with E-state index in [2.05, 4.69) is 10.3 Å². The van der Waals surface area contributed by atoms with Crippen LogP contribution in [0, 0.1) is 3.95 Å². The minimum absolute atomic E-state index is 0.660. The SMILES string of the molecule is [B]C(Nc1ccc2[nH]c(=S)sc2c1)C(=O)O. The molecule has 2 aromatic rings. The van der Waals surface area contributed by atoms with E-state index in [0.29, 0.717) is 9.64 Å². The van der Waals surface area contributed by atoms with Gasteiger partial charge in [0, 0.05) is 5.69 Å². The molecule has 4 nitrogen and oxygen atoms in total. The molecule has 1 aromatic carbocycles. The maximum absolute atomic E-state index is 10.6. The van der Waals surface area contributed by atoms with Crippen LogP contribution in [0.3, 0.4) is 0 Å². The lowest BCUT2D eigenvalue weighted by Crippen LogP contribution is -2.29. The normalized spacial score (nSPS) is 12.5. The number of carboxylic acids is 1. The van der Waals surface area contributed by atoms with Crippen LogP contribution in [0.15, 0.2) is 18.2 Å². The number of rotatable bonds is 3. The fraction of sp³-hybridized carbons (Fsp3) is 0.111. The van der Waals surface area contributed by atoms with Crippen LogP contribution < -0.4 is 5.32 Å². The van der Waals surface area contributed by atoms with E-state index in [1.54, 1.807) is 6.07 Å². The fourth-order valence-electron chi connectivity index (χ4n) is 1.28. The highest BCUT2D eigenvalue weighted by Crippen LogP contribution is 2.23. The summed E-state index contributed by atoms with van der Waals surface area (Å²) in [7, 11) is 5.36. The van der Waals surface area contributed by atoms with Gasteiger partial charge in [-0.3, -0.25) is 4.79 Å². The minimum Gasteiger partial charge on any atom is -0.480 e. The van der Waals surface area contributed by atoms with Gasteiger partial charge in [0.25, 0.3) is 0 Å². The highest BCUT2D eigenvalue weighted by Gasteiger charge is 2.09. The molecule has 0 saturated carbocycles. The first-order chi connectivity index (χ1) is 7.56. The Morgan fingerprint density at radius 1 is 1.62 bits per heavy atom. The van der Waals surface area contributed by atoms with Crippen molar-refractivity contribution in [2.24, 2.45) is 0 Å². The van der Waals surface area contributed by atoms with E-state index in [4.69, 9.17) is 25.2 Å².